The largest absolute Gasteiger partial charge is 0.778 e. The molecule has 3 fully saturated rings. The number of aromatic nitrogens is 10. The summed E-state index contributed by atoms with van der Waals surface area (Å²) in [5.41, 5.74) is 6.76. The van der Waals surface area contributed by atoms with E-state index in [4.69, 9.17) is 44.0 Å². The van der Waals surface area contributed by atoms with Crippen molar-refractivity contribution in [2.75, 3.05) is 50.7 Å². The van der Waals surface area contributed by atoms with Crippen molar-refractivity contribution in [2.24, 2.45) is 13.0 Å². The first-order valence-corrected chi connectivity index (χ1v) is 29.9. The summed E-state index contributed by atoms with van der Waals surface area (Å²) in [5.74, 6) is -2.22. The van der Waals surface area contributed by atoms with E-state index >= 15 is 0 Å². The molecule has 8 heterocycles. The van der Waals surface area contributed by atoms with Crippen LogP contribution in [0.1, 0.15) is 25.6 Å². The number of methoxy groups -OCH3 is 1. The maximum absolute atomic E-state index is 14.2. The summed E-state index contributed by atoms with van der Waals surface area (Å²) in [7, 11) is -25.4. The monoisotopic (exact) mass is 1200 g/mol. The lowest BCUT2D eigenvalue weighted by Gasteiger charge is -2.35. The zero-order chi connectivity index (χ0) is 56.3. The van der Waals surface area contributed by atoms with Gasteiger partial charge in [0, 0.05) is 31.8 Å². The van der Waals surface area contributed by atoms with Crippen molar-refractivity contribution in [3.05, 3.63) is 62.4 Å². The molecule has 0 bridgehead atoms. The first-order valence-electron chi connectivity index (χ1n) is 22.1. The molecule has 0 amide bonds. The van der Waals surface area contributed by atoms with Crippen LogP contribution in [0.2, 0.25) is 0 Å². The lowest BCUT2D eigenvalue weighted by molar-refractivity contribution is -0.646. The number of nitrogens with zero attached hydrogens (tertiary/aromatic N) is 8. The van der Waals surface area contributed by atoms with Crippen LogP contribution in [0.4, 0.5) is 11.8 Å². The van der Waals surface area contributed by atoms with Gasteiger partial charge in [0.05, 0.1) is 56.8 Å². The second-order valence-electron chi connectivity index (χ2n) is 17.1. The normalized spacial score (nSPS) is 30.1. The summed E-state index contributed by atoms with van der Waals surface area (Å²) >= 11 is 0. The van der Waals surface area contributed by atoms with Crippen molar-refractivity contribution in [1.29, 1.82) is 0 Å². The van der Waals surface area contributed by atoms with E-state index in [1.807, 2.05) is 4.98 Å². The molecule has 5 aromatic heterocycles. The third kappa shape index (κ3) is 12.4. The number of aliphatic hydroxyl groups is 3. The number of aromatic amines is 2. The maximum Gasteiger partial charge on any atom is 0.490 e. The van der Waals surface area contributed by atoms with Gasteiger partial charge in [0.15, 0.2) is 23.9 Å². The lowest BCUT2D eigenvalue weighted by Crippen LogP contribution is -2.40. The molecular formula is C34H49N13O25P4S. The van der Waals surface area contributed by atoms with E-state index in [1.54, 1.807) is 0 Å². The van der Waals surface area contributed by atoms with Gasteiger partial charge in [-0.2, -0.15) is 18.2 Å². The molecule has 0 spiro atoms. The minimum Gasteiger partial charge on any atom is -0.778 e. The highest BCUT2D eigenvalue weighted by Crippen LogP contribution is 2.68. The van der Waals surface area contributed by atoms with Gasteiger partial charge < -0.3 is 74.4 Å². The van der Waals surface area contributed by atoms with Gasteiger partial charge in [0.2, 0.25) is 28.5 Å². The minimum absolute atomic E-state index is 0.00189. The summed E-state index contributed by atoms with van der Waals surface area (Å²) in [5, 5.41) is 32.9. The summed E-state index contributed by atoms with van der Waals surface area (Å²) in [6, 6.07) is 0.906. The predicted octanol–water partition coefficient (Wildman–Crippen LogP) is -5.24. The van der Waals surface area contributed by atoms with Crippen LogP contribution in [-0.4, -0.2) is 170 Å². The average molecular weight is 1200 g/mol. The van der Waals surface area contributed by atoms with Crippen LogP contribution in [0.5, 0.6) is 0 Å². The number of fused-ring (bicyclic) bond motifs is 2. The number of phosphoric acid groups is 3. The molecule has 16 atom stereocenters. The quantitative estimate of drug-likeness (QED) is 0.0228. The fourth-order valence-corrected chi connectivity index (χ4v) is 14.5. The zero-order valence-corrected chi connectivity index (χ0v) is 44.1. The number of aryl methyl sites for hydroxylation is 1. The van der Waals surface area contributed by atoms with Gasteiger partial charge in [-0.3, -0.25) is 37.7 Å². The number of hydrogen-bond acceptors (Lipinski definition) is 28. The Hall–Kier alpha value is -4.63. The molecule has 4 unspecified atom stereocenters. The fraction of sp³-hybridized carbons (Fsp3) is 0.588. The van der Waals surface area contributed by atoms with Crippen molar-refractivity contribution in [3.8, 4) is 0 Å². The number of rotatable bonds is 22. The molecular weight excluding hydrogens is 1150 g/mol. The van der Waals surface area contributed by atoms with Crippen LogP contribution >= 0.6 is 31.1 Å². The molecule has 0 radical (unpaired) electrons. The average Bonchev–Trinajstić information content (AvgIpc) is 4.19. The number of anilines is 2. The second kappa shape index (κ2) is 22.1. The van der Waals surface area contributed by atoms with E-state index < -0.39 is 163 Å². The van der Waals surface area contributed by atoms with Crippen molar-refractivity contribution < 1.29 is 107 Å². The third-order valence-corrected chi connectivity index (χ3v) is 19.7. The van der Waals surface area contributed by atoms with Gasteiger partial charge in [0.25, 0.3) is 16.7 Å². The number of sulfonamides is 1. The smallest absolute Gasteiger partial charge is 0.490 e. The SMILES string of the molecule is CCS(=O)(=O)NC[C@H]1[C@@H](O)[C@H](n2c[n+](C)c3c(=O)[nH]c(N)nc32)O[C@@H]1COP(=O)(O)OP(=O)(O)OP(=O)(O)OC[C@H]1O[C@@H](n2cnc3c(N)ncnc32)[C@H](OC)[C@@H]1P(=O)([O-])OC[C@H]1O[C@@H](n2ccc(=O)[nH]c2=O)[C@H](O)[C@@H]1O. The number of hydrogen-bond donors (Lipinski definition) is 11. The van der Waals surface area contributed by atoms with Crippen molar-refractivity contribution in [2.45, 2.75) is 74.0 Å². The minimum atomic E-state index is -6.29. The van der Waals surface area contributed by atoms with Crippen LogP contribution in [0.15, 0.2) is 45.6 Å². The number of ether oxygens (including phenoxy) is 4. The Morgan fingerprint density at radius 2 is 1.44 bits per heavy atom. The maximum atomic E-state index is 14.2. The van der Waals surface area contributed by atoms with Crippen molar-refractivity contribution in [3.63, 3.8) is 0 Å². The third-order valence-electron chi connectivity index (χ3n) is 12.2. The molecule has 426 valence electrons. The van der Waals surface area contributed by atoms with Gasteiger partial charge in [-0.15, -0.1) is 0 Å². The topological polar surface area (TPSA) is 547 Å². The van der Waals surface area contributed by atoms with Crippen molar-refractivity contribution in [1.82, 2.24) is 48.3 Å². The van der Waals surface area contributed by atoms with E-state index in [2.05, 4.69) is 38.3 Å². The van der Waals surface area contributed by atoms with E-state index in [-0.39, 0.29) is 34.1 Å². The predicted molar refractivity (Wildman–Crippen MR) is 249 cm³/mol. The Balaban J connectivity index is 0.970. The van der Waals surface area contributed by atoms with Gasteiger partial charge in [-0.25, -0.2) is 51.1 Å². The first kappa shape index (κ1) is 58.5. The van der Waals surface area contributed by atoms with Crippen LogP contribution < -0.4 is 42.5 Å². The number of nitrogens with two attached hydrogens (primary N) is 2. The first-order chi connectivity index (χ1) is 36.0. The Bertz CT molecular complexity index is 3530. The number of nitrogens with one attached hydrogen (secondary N) is 3. The second-order valence-corrected chi connectivity index (χ2v) is 25.8. The van der Waals surface area contributed by atoms with E-state index in [0.29, 0.717) is 4.57 Å². The number of H-pyrrole nitrogens is 2. The van der Waals surface area contributed by atoms with Crippen LogP contribution in [0.25, 0.3) is 22.3 Å². The fourth-order valence-electron chi connectivity index (χ4n) is 8.64. The van der Waals surface area contributed by atoms with Gasteiger partial charge in [0.1, 0.15) is 50.0 Å². The molecule has 5 aromatic rings. The lowest BCUT2D eigenvalue weighted by atomic mass is 9.98. The molecule has 3 saturated heterocycles. The van der Waals surface area contributed by atoms with Gasteiger partial charge >= 0.3 is 34.7 Å². The molecule has 8 rings (SSSR count). The Morgan fingerprint density at radius 3 is 2.09 bits per heavy atom. The Morgan fingerprint density at radius 1 is 0.818 bits per heavy atom. The highest BCUT2D eigenvalue weighted by atomic mass is 32.2. The molecule has 3 aliphatic heterocycles. The Labute approximate surface area is 429 Å². The number of phosphoric ester groups is 2. The van der Waals surface area contributed by atoms with Crippen LogP contribution in [0.3, 0.4) is 0 Å². The number of nitrogen functional groups attached to an aromatic ring is 2. The van der Waals surface area contributed by atoms with Crippen LogP contribution in [0, 0.1) is 5.92 Å². The Kier molecular flexibility index (Phi) is 16.8. The van der Waals surface area contributed by atoms with Crippen molar-refractivity contribution >= 4 is 75.2 Å². The van der Waals surface area contributed by atoms with Crippen LogP contribution in [-0.2, 0) is 76.5 Å². The molecule has 3 aliphatic rings. The standard InChI is InChI=1S/C34H49N13O25P4S/c1-4-77(62,63)40-7-14-15(68-30(21(14)49)47-13-44(2)20-28(47)42-33(36)43-29(20)52)8-66-74(56,57)71-76(60,61)72-75(58,59)67-10-17-25(24(64-3)32(70-17)46-12-39-19-26(35)37-11-38-27(19)46)73(54,55)65-9-16-22(50)23(51)31(69-16)45-6-5-18(48)41-34(45)53/h5-6,11-17,21-25,30-32,40,49-51H,4,7-10H2,1-3H3,(H9-,35,36,37,38,41,42,43,48,52,53,54,55,56,57,58,59,60,61)/t14-,15-,16-,17-,21-,22-,23-,24-,25-,30-,31-,32-/m1/s1. The van der Waals surface area contributed by atoms with Gasteiger partial charge in [-0.05, 0) is 6.92 Å². The van der Waals surface area contributed by atoms with Gasteiger partial charge in [-0.1, -0.05) is 0 Å². The summed E-state index contributed by atoms with van der Waals surface area (Å²) < 4.78 is 132. The highest BCUT2D eigenvalue weighted by molar-refractivity contribution is 7.89. The molecule has 13 N–H and O–H groups in total. The molecule has 0 aliphatic carbocycles. The molecule has 77 heavy (non-hydrogen) atoms. The van der Waals surface area contributed by atoms with E-state index in [1.165, 1.54) is 24.9 Å². The summed E-state index contributed by atoms with van der Waals surface area (Å²) in [6.07, 6.45) is -12.9. The number of imidazole rings is 2. The number of aliphatic hydroxyl groups excluding tert-OH is 3. The molecule has 38 nitrogen and oxygen atoms in total. The summed E-state index contributed by atoms with van der Waals surface area (Å²) in [4.78, 5) is 103. The summed E-state index contributed by atoms with van der Waals surface area (Å²) in [6.45, 7) is -2.88. The zero-order valence-electron chi connectivity index (χ0n) is 39.7. The van der Waals surface area contributed by atoms with E-state index in [9.17, 15) is 76.0 Å². The molecule has 0 saturated carbocycles. The molecule has 0 aromatic carbocycles. The molecule has 43 heteroatoms. The van der Waals surface area contributed by atoms with E-state index in [0.717, 1.165) is 41.2 Å². The highest BCUT2D eigenvalue weighted by Gasteiger charge is 2.55.